The van der Waals surface area contributed by atoms with Crippen molar-refractivity contribution in [1.29, 1.82) is 0 Å². The van der Waals surface area contributed by atoms with Crippen molar-refractivity contribution in [3.05, 3.63) is 36.0 Å². The summed E-state index contributed by atoms with van der Waals surface area (Å²) in [6.07, 6.45) is 13.3. The molecule has 0 aliphatic carbocycles. The lowest BCUT2D eigenvalue weighted by molar-refractivity contribution is -0.274. The standard InChI is InChI=1S/C13H16F3NO.C12H25N.2C2H6.C2H2/c1-4-5-10(2)17(3)11-6-8-12(9-7-11)18-13(14,15)16;1-4-11(3)8-10-13-9-6-7-12(13)5-2;3*1-2/h5-9H,4H2,1-3H3;11-12H,4-10H2,1-3H3;2*1-2H3;1-2H/b10-5-;;;;. The number of alkyl halides is 3. The Labute approximate surface area is 227 Å². The number of anilines is 1. The molecule has 1 aliphatic rings. The fraction of sp³-hybridized carbons (Fsp3) is 0.677. The first-order valence-electron chi connectivity index (χ1n) is 13.9. The summed E-state index contributed by atoms with van der Waals surface area (Å²) in [6, 6.07) is 6.70. The number of nitrogens with zero attached hydrogens (tertiary/aromatic N) is 2. The molecule has 2 atom stereocenters. The molecule has 0 radical (unpaired) electrons. The summed E-state index contributed by atoms with van der Waals surface area (Å²) < 4.78 is 39.8. The van der Waals surface area contributed by atoms with E-state index in [1.807, 2.05) is 59.6 Å². The van der Waals surface area contributed by atoms with Gasteiger partial charge in [0.15, 0.2) is 0 Å². The van der Waals surface area contributed by atoms with Crippen LogP contribution < -0.4 is 9.64 Å². The van der Waals surface area contributed by atoms with E-state index in [0.29, 0.717) is 0 Å². The lowest BCUT2D eigenvalue weighted by atomic mass is 10.0. The van der Waals surface area contributed by atoms with Gasteiger partial charge < -0.3 is 14.5 Å². The monoisotopic (exact) mass is 528 g/mol. The normalized spacial score (nSPS) is 15.8. The van der Waals surface area contributed by atoms with Crippen molar-refractivity contribution in [3.8, 4) is 18.6 Å². The summed E-state index contributed by atoms with van der Waals surface area (Å²) in [5, 5.41) is 0. The van der Waals surface area contributed by atoms with Gasteiger partial charge in [0.1, 0.15) is 5.75 Å². The van der Waals surface area contributed by atoms with Crippen LogP contribution in [0.3, 0.4) is 0 Å². The third-order valence-electron chi connectivity index (χ3n) is 6.06. The number of ether oxygens (including phenoxy) is 1. The minimum Gasteiger partial charge on any atom is -0.406 e. The highest BCUT2D eigenvalue weighted by Gasteiger charge is 2.31. The molecule has 0 bridgehead atoms. The molecule has 0 N–H and O–H groups in total. The molecule has 1 saturated heterocycles. The van der Waals surface area contributed by atoms with Crippen LogP contribution in [0, 0.1) is 18.8 Å². The van der Waals surface area contributed by atoms with Gasteiger partial charge in [0.2, 0.25) is 0 Å². The summed E-state index contributed by atoms with van der Waals surface area (Å²) in [4.78, 5) is 4.60. The molecule has 1 fully saturated rings. The summed E-state index contributed by atoms with van der Waals surface area (Å²) in [6.45, 7) is 21.7. The molecule has 3 nitrogen and oxygen atoms in total. The van der Waals surface area contributed by atoms with E-state index < -0.39 is 6.36 Å². The highest BCUT2D eigenvalue weighted by Crippen LogP contribution is 2.26. The van der Waals surface area contributed by atoms with Crippen molar-refractivity contribution in [2.24, 2.45) is 5.92 Å². The molecule has 37 heavy (non-hydrogen) atoms. The van der Waals surface area contributed by atoms with Crippen LogP contribution in [0.15, 0.2) is 36.0 Å². The second-order valence-electron chi connectivity index (χ2n) is 8.40. The topological polar surface area (TPSA) is 15.7 Å². The van der Waals surface area contributed by atoms with Crippen LogP contribution in [-0.2, 0) is 0 Å². The van der Waals surface area contributed by atoms with Crippen LogP contribution in [0.1, 0.15) is 101 Å². The summed E-state index contributed by atoms with van der Waals surface area (Å²) >= 11 is 0. The van der Waals surface area contributed by atoms with Crippen molar-refractivity contribution in [2.45, 2.75) is 113 Å². The highest BCUT2D eigenvalue weighted by molar-refractivity contribution is 5.52. The van der Waals surface area contributed by atoms with E-state index in [1.165, 1.54) is 57.3 Å². The van der Waals surface area contributed by atoms with E-state index in [2.05, 4.69) is 43.3 Å². The average Bonchev–Trinajstić information content (AvgIpc) is 3.38. The van der Waals surface area contributed by atoms with Gasteiger partial charge in [-0.2, -0.15) is 0 Å². The van der Waals surface area contributed by atoms with Crippen LogP contribution in [0.4, 0.5) is 18.9 Å². The Morgan fingerprint density at radius 2 is 1.65 bits per heavy atom. The quantitative estimate of drug-likeness (QED) is 0.297. The molecule has 1 aromatic carbocycles. The van der Waals surface area contributed by atoms with Gasteiger partial charge in [0.25, 0.3) is 0 Å². The third kappa shape index (κ3) is 18.7. The minimum absolute atomic E-state index is 0.211. The number of rotatable bonds is 9. The Balaban J connectivity index is -0.000000535. The number of halogens is 3. The zero-order valence-corrected chi connectivity index (χ0v) is 25.3. The molecule has 0 amide bonds. The second kappa shape index (κ2) is 24.2. The zero-order chi connectivity index (χ0) is 29.4. The number of likely N-dealkylation sites (tertiary alicyclic amines) is 1. The van der Waals surface area contributed by atoms with Gasteiger partial charge in [-0.3, -0.25) is 0 Å². The van der Waals surface area contributed by atoms with Gasteiger partial charge >= 0.3 is 6.36 Å². The van der Waals surface area contributed by atoms with Gasteiger partial charge in [-0.25, -0.2) is 0 Å². The number of benzene rings is 1. The van der Waals surface area contributed by atoms with E-state index in [9.17, 15) is 13.2 Å². The molecule has 0 spiro atoms. The molecule has 2 unspecified atom stereocenters. The van der Waals surface area contributed by atoms with Crippen molar-refractivity contribution >= 4 is 5.69 Å². The van der Waals surface area contributed by atoms with Crippen LogP contribution in [-0.4, -0.2) is 37.4 Å². The molecular weight excluding hydrogens is 473 g/mol. The van der Waals surface area contributed by atoms with E-state index >= 15 is 0 Å². The SMILES string of the molecule is C#C.CC.CC.CC/C=C(/C)N(C)c1ccc(OC(F)(F)F)cc1.CCC(C)CCN1CCCC1CC. The number of terminal acetylenes is 1. The second-order valence-corrected chi connectivity index (χ2v) is 8.40. The van der Waals surface area contributed by atoms with Gasteiger partial charge in [-0.05, 0) is 82.3 Å². The van der Waals surface area contributed by atoms with Crippen molar-refractivity contribution in [1.82, 2.24) is 4.90 Å². The summed E-state index contributed by atoms with van der Waals surface area (Å²) in [5.74, 6) is 0.704. The van der Waals surface area contributed by atoms with E-state index in [4.69, 9.17) is 0 Å². The van der Waals surface area contributed by atoms with Crippen LogP contribution >= 0.6 is 0 Å². The summed E-state index contributed by atoms with van der Waals surface area (Å²) in [7, 11) is 1.86. The highest BCUT2D eigenvalue weighted by atomic mass is 19.4. The largest absolute Gasteiger partial charge is 0.573 e. The van der Waals surface area contributed by atoms with E-state index in [1.54, 1.807) is 12.1 Å². The Bertz CT molecular complexity index is 684. The predicted molar refractivity (Wildman–Crippen MR) is 157 cm³/mol. The minimum atomic E-state index is -4.65. The summed E-state index contributed by atoms with van der Waals surface area (Å²) in [5.41, 5.74) is 1.86. The van der Waals surface area contributed by atoms with Gasteiger partial charge in [0.05, 0.1) is 0 Å². The van der Waals surface area contributed by atoms with Crippen molar-refractivity contribution < 1.29 is 17.9 Å². The van der Waals surface area contributed by atoms with Gasteiger partial charge in [-0.15, -0.1) is 26.0 Å². The molecule has 0 saturated carbocycles. The molecular formula is C31H55F3N2O. The third-order valence-corrected chi connectivity index (χ3v) is 6.06. The Morgan fingerprint density at radius 1 is 1.11 bits per heavy atom. The maximum Gasteiger partial charge on any atom is 0.573 e. The van der Waals surface area contributed by atoms with Gasteiger partial charge in [-0.1, -0.05) is 67.9 Å². The first kappa shape index (κ1) is 39.4. The molecule has 1 aliphatic heterocycles. The first-order valence-corrected chi connectivity index (χ1v) is 13.9. The van der Waals surface area contributed by atoms with Crippen LogP contribution in [0.25, 0.3) is 0 Å². The Morgan fingerprint density at radius 3 is 2.08 bits per heavy atom. The fourth-order valence-corrected chi connectivity index (χ4v) is 3.75. The molecule has 1 aromatic rings. The number of allylic oxidation sites excluding steroid dienone is 2. The molecule has 0 aromatic heterocycles. The maximum atomic E-state index is 12.0. The van der Waals surface area contributed by atoms with Crippen molar-refractivity contribution in [2.75, 3.05) is 25.0 Å². The Hall–Kier alpha value is -2.13. The van der Waals surface area contributed by atoms with E-state index in [-0.39, 0.29) is 5.75 Å². The smallest absolute Gasteiger partial charge is 0.406 e. The maximum absolute atomic E-state index is 12.0. The molecule has 1 heterocycles. The first-order chi connectivity index (χ1) is 17.6. The zero-order valence-electron chi connectivity index (χ0n) is 25.3. The lowest BCUT2D eigenvalue weighted by Crippen LogP contribution is -2.30. The number of hydrogen-bond acceptors (Lipinski definition) is 3. The fourth-order valence-electron chi connectivity index (χ4n) is 3.75. The van der Waals surface area contributed by atoms with Crippen LogP contribution in [0.2, 0.25) is 0 Å². The average molecular weight is 529 g/mol. The molecule has 6 heteroatoms. The van der Waals surface area contributed by atoms with Gasteiger partial charge in [0, 0.05) is 24.5 Å². The lowest BCUT2D eigenvalue weighted by Gasteiger charge is -2.24. The molecule has 216 valence electrons. The Kier molecular flexibility index (Phi) is 25.8. The van der Waals surface area contributed by atoms with Crippen LogP contribution in [0.5, 0.6) is 5.75 Å². The predicted octanol–water partition coefficient (Wildman–Crippen LogP) is 9.93. The number of hydrogen-bond donors (Lipinski definition) is 0. The molecule has 2 rings (SSSR count). The van der Waals surface area contributed by atoms with E-state index in [0.717, 1.165) is 29.8 Å². The van der Waals surface area contributed by atoms with Crippen molar-refractivity contribution in [3.63, 3.8) is 0 Å².